The number of pyridine rings is 1. The van der Waals surface area contributed by atoms with Gasteiger partial charge in [-0.15, -0.1) is 0 Å². The minimum Gasteiger partial charge on any atom is -0.295 e. The largest absolute Gasteiger partial charge is 0.295 e. The summed E-state index contributed by atoms with van der Waals surface area (Å²) < 4.78 is 0. The molecule has 0 fully saturated rings. The molecule has 0 aliphatic heterocycles. The molecule has 1 heterocycles. The molecule has 0 aromatic carbocycles. The SMILES string of the molecule is CC.CC.CC(=O)c1ccncc1. The summed E-state index contributed by atoms with van der Waals surface area (Å²) in [5.41, 5.74) is 0.713. The highest BCUT2D eigenvalue weighted by atomic mass is 16.1. The van der Waals surface area contributed by atoms with E-state index in [0.717, 1.165) is 0 Å². The van der Waals surface area contributed by atoms with Gasteiger partial charge in [-0.25, -0.2) is 0 Å². The minimum atomic E-state index is 0.0809. The molecular weight excluding hydrogens is 162 g/mol. The number of nitrogens with zero attached hydrogens (tertiary/aromatic N) is 1. The average Bonchev–Trinajstić information content (AvgIpc) is 2.25. The molecule has 0 unspecified atom stereocenters. The lowest BCUT2D eigenvalue weighted by atomic mass is 10.2. The predicted molar refractivity (Wildman–Crippen MR) is 56.9 cm³/mol. The lowest BCUT2D eigenvalue weighted by molar-refractivity contribution is 0.101. The molecule has 0 aliphatic rings. The van der Waals surface area contributed by atoms with Crippen LogP contribution in [0, 0.1) is 0 Å². The van der Waals surface area contributed by atoms with Gasteiger partial charge in [0.05, 0.1) is 0 Å². The predicted octanol–water partition coefficient (Wildman–Crippen LogP) is 3.34. The summed E-state index contributed by atoms with van der Waals surface area (Å²) >= 11 is 0. The average molecular weight is 181 g/mol. The number of hydrogen-bond acceptors (Lipinski definition) is 2. The molecule has 0 aliphatic carbocycles. The van der Waals surface area contributed by atoms with Crippen molar-refractivity contribution < 1.29 is 4.79 Å². The third-order valence-corrected chi connectivity index (χ3v) is 1.09. The highest BCUT2D eigenvalue weighted by molar-refractivity contribution is 5.93. The number of ketones is 1. The second kappa shape index (κ2) is 10.8. The van der Waals surface area contributed by atoms with Gasteiger partial charge in [-0.1, -0.05) is 27.7 Å². The fourth-order valence-corrected chi connectivity index (χ4v) is 0.587. The summed E-state index contributed by atoms with van der Waals surface area (Å²) in [5.74, 6) is 0.0809. The van der Waals surface area contributed by atoms with Gasteiger partial charge in [0.2, 0.25) is 0 Å². The second-order valence-electron chi connectivity index (χ2n) is 1.79. The van der Waals surface area contributed by atoms with Crippen LogP contribution in [0.3, 0.4) is 0 Å². The van der Waals surface area contributed by atoms with Gasteiger partial charge in [0.1, 0.15) is 0 Å². The van der Waals surface area contributed by atoms with E-state index in [9.17, 15) is 4.79 Å². The Kier molecular flexibility index (Phi) is 11.9. The fourth-order valence-electron chi connectivity index (χ4n) is 0.587. The van der Waals surface area contributed by atoms with Crippen LogP contribution >= 0.6 is 0 Å². The van der Waals surface area contributed by atoms with Crippen molar-refractivity contribution in [3.05, 3.63) is 30.1 Å². The van der Waals surface area contributed by atoms with Crippen LogP contribution < -0.4 is 0 Å². The first-order valence-electron chi connectivity index (χ1n) is 4.71. The molecule has 0 amide bonds. The van der Waals surface area contributed by atoms with Crippen molar-refractivity contribution in [3.63, 3.8) is 0 Å². The van der Waals surface area contributed by atoms with Gasteiger partial charge in [0.25, 0.3) is 0 Å². The number of Topliss-reactive ketones (excluding diaryl/α,β-unsaturated/α-hetero) is 1. The van der Waals surface area contributed by atoms with Crippen LogP contribution in [0.1, 0.15) is 45.0 Å². The molecule has 0 bridgehead atoms. The molecule has 0 spiro atoms. The summed E-state index contributed by atoms with van der Waals surface area (Å²) in [6, 6.07) is 3.39. The van der Waals surface area contributed by atoms with Gasteiger partial charge in [-0.05, 0) is 19.1 Å². The third kappa shape index (κ3) is 7.19. The first kappa shape index (κ1) is 14.3. The quantitative estimate of drug-likeness (QED) is 0.622. The zero-order valence-electron chi connectivity index (χ0n) is 9.16. The highest BCUT2D eigenvalue weighted by Gasteiger charge is 1.93. The van der Waals surface area contributed by atoms with Crippen LogP contribution in [-0.2, 0) is 0 Å². The van der Waals surface area contributed by atoms with Crippen molar-refractivity contribution in [1.82, 2.24) is 4.98 Å². The van der Waals surface area contributed by atoms with Crippen molar-refractivity contribution in [2.75, 3.05) is 0 Å². The van der Waals surface area contributed by atoms with E-state index in [1.807, 2.05) is 27.7 Å². The topological polar surface area (TPSA) is 30.0 Å². The van der Waals surface area contributed by atoms with Crippen LogP contribution in [0.5, 0.6) is 0 Å². The van der Waals surface area contributed by atoms with Gasteiger partial charge in [0, 0.05) is 18.0 Å². The van der Waals surface area contributed by atoms with Gasteiger partial charge in [-0.2, -0.15) is 0 Å². The Morgan fingerprint density at radius 3 is 1.69 bits per heavy atom. The minimum absolute atomic E-state index is 0.0809. The fraction of sp³-hybridized carbons (Fsp3) is 0.455. The van der Waals surface area contributed by atoms with E-state index in [0.29, 0.717) is 5.56 Å². The molecule has 74 valence electrons. The summed E-state index contributed by atoms with van der Waals surface area (Å²) in [6.45, 7) is 9.54. The zero-order valence-corrected chi connectivity index (χ0v) is 9.16. The van der Waals surface area contributed by atoms with E-state index < -0.39 is 0 Å². The molecule has 0 saturated heterocycles. The molecule has 1 rings (SSSR count). The molecule has 2 nitrogen and oxygen atoms in total. The Balaban J connectivity index is 0. The van der Waals surface area contributed by atoms with Crippen LogP contribution in [0.2, 0.25) is 0 Å². The third-order valence-electron chi connectivity index (χ3n) is 1.09. The van der Waals surface area contributed by atoms with Gasteiger partial charge >= 0.3 is 0 Å². The summed E-state index contributed by atoms with van der Waals surface area (Å²) in [5, 5.41) is 0. The number of aromatic nitrogens is 1. The smallest absolute Gasteiger partial charge is 0.159 e. The van der Waals surface area contributed by atoms with E-state index in [2.05, 4.69) is 4.98 Å². The summed E-state index contributed by atoms with van der Waals surface area (Å²) in [6.07, 6.45) is 3.22. The molecule has 0 saturated carbocycles. The number of carbonyl (C=O) groups excluding carboxylic acids is 1. The van der Waals surface area contributed by atoms with E-state index in [-0.39, 0.29) is 5.78 Å². The van der Waals surface area contributed by atoms with E-state index >= 15 is 0 Å². The Hall–Kier alpha value is -1.18. The Labute approximate surface area is 81.0 Å². The first-order chi connectivity index (χ1) is 6.30. The molecule has 0 N–H and O–H groups in total. The molecule has 13 heavy (non-hydrogen) atoms. The Morgan fingerprint density at radius 1 is 1.08 bits per heavy atom. The standard InChI is InChI=1S/C7H7NO.2C2H6/c1-6(9)7-2-4-8-5-3-7;2*1-2/h2-5H,1H3;2*1-2H3. The Morgan fingerprint density at radius 2 is 1.46 bits per heavy atom. The van der Waals surface area contributed by atoms with Gasteiger partial charge < -0.3 is 0 Å². The molecule has 0 atom stereocenters. The second-order valence-corrected chi connectivity index (χ2v) is 1.79. The number of hydrogen-bond donors (Lipinski definition) is 0. The maximum absolute atomic E-state index is 10.6. The van der Waals surface area contributed by atoms with Crippen molar-refractivity contribution in [3.8, 4) is 0 Å². The van der Waals surface area contributed by atoms with Crippen molar-refractivity contribution >= 4 is 5.78 Å². The summed E-state index contributed by atoms with van der Waals surface area (Å²) in [4.78, 5) is 14.4. The summed E-state index contributed by atoms with van der Waals surface area (Å²) in [7, 11) is 0. The van der Waals surface area contributed by atoms with Crippen LogP contribution in [0.25, 0.3) is 0 Å². The lowest BCUT2D eigenvalue weighted by Gasteiger charge is -1.88. The van der Waals surface area contributed by atoms with Gasteiger partial charge in [-0.3, -0.25) is 9.78 Å². The lowest BCUT2D eigenvalue weighted by Crippen LogP contribution is -1.89. The van der Waals surface area contributed by atoms with Gasteiger partial charge in [0.15, 0.2) is 5.78 Å². The van der Waals surface area contributed by atoms with Crippen LogP contribution in [0.4, 0.5) is 0 Å². The molecule has 1 aromatic heterocycles. The maximum Gasteiger partial charge on any atom is 0.159 e. The van der Waals surface area contributed by atoms with E-state index in [1.54, 1.807) is 24.5 Å². The number of carbonyl (C=O) groups is 1. The zero-order chi connectivity index (χ0) is 10.7. The van der Waals surface area contributed by atoms with Crippen LogP contribution in [-0.4, -0.2) is 10.8 Å². The van der Waals surface area contributed by atoms with E-state index in [4.69, 9.17) is 0 Å². The highest BCUT2D eigenvalue weighted by Crippen LogP contribution is 1.95. The van der Waals surface area contributed by atoms with E-state index in [1.165, 1.54) is 6.92 Å². The molecule has 1 aromatic rings. The maximum atomic E-state index is 10.6. The first-order valence-corrected chi connectivity index (χ1v) is 4.71. The van der Waals surface area contributed by atoms with Crippen LogP contribution in [0.15, 0.2) is 24.5 Å². The molecule has 2 heteroatoms. The van der Waals surface area contributed by atoms with Crippen molar-refractivity contribution in [1.29, 1.82) is 0 Å². The monoisotopic (exact) mass is 181 g/mol. The van der Waals surface area contributed by atoms with Crippen molar-refractivity contribution in [2.24, 2.45) is 0 Å². The normalized spacial score (nSPS) is 7.15. The van der Waals surface area contributed by atoms with Crippen molar-refractivity contribution in [2.45, 2.75) is 34.6 Å². The molecular formula is C11H19NO. The molecule has 0 radical (unpaired) electrons. The Bertz CT molecular complexity index is 207. The number of rotatable bonds is 1.